The molecule has 0 amide bonds. The summed E-state index contributed by atoms with van der Waals surface area (Å²) in [6.07, 6.45) is 1.87. The first-order valence-electron chi connectivity index (χ1n) is 4.93. The van der Waals surface area contributed by atoms with Crippen molar-refractivity contribution in [3.05, 3.63) is 42.3 Å². The van der Waals surface area contributed by atoms with Crippen LogP contribution in [0.15, 0.2) is 36.5 Å². The third-order valence-corrected chi connectivity index (χ3v) is 2.51. The maximum atomic E-state index is 13.5. The molecule has 0 aliphatic rings. The molecule has 0 bridgehead atoms. The van der Waals surface area contributed by atoms with Crippen LogP contribution < -0.4 is 5.73 Å². The van der Waals surface area contributed by atoms with Gasteiger partial charge >= 0.3 is 0 Å². The third kappa shape index (κ3) is 1.61. The number of nitrogen functional groups attached to an aromatic ring is 1. The Hall–Kier alpha value is -1.77. The van der Waals surface area contributed by atoms with Gasteiger partial charge in [0.25, 0.3) is 0 Å². The lowest BCUT2D eigenvalue weighted by Gasteiger charge is -2.05. The van der Waals surface area contributed by atoms with Gasteiger partial charge in [0.2, 0.25) is 0 Å². The fraction of sp³-hybridized carbons (Fsp3) is 0.167. The first-order chi connectivity index (χ1) is 7.24. The molecule has 1 aromatic carbocycles. The Labute approximate surface area is 88.1 Å². The summed E-state index contributed by atoms with van der Waals surface area (Å²) in [5.74, 6) is 0.376. The number of anilines is 1. The monoisotopic (exact) mass is 204 g/mol. The van der Waals surface area contributed by atoms with Crippen LogP contribution >= 0.6 is 0 Å². The number of hydrogen-bond acceptors (Lipinski definition) is 1. The molecule has 0 fully saturated rings. The second-order valence-corrected chi connectivity index (χ2v) is 3.38. The number of benzene rings is 1. The molecule has 2 aromatic rings. The van der Waals surface area contributed by atoms with Crippen molar-refractivity contribution in [3.63, 3.8) is 0 Å². The normalized spacial score (nSPS) is 10.5. The Bertz CT molecular complexity index is 474. The molecule has 3 heteroatoms. The fourth-order valence-corrected chi connectivity index (χ4v) is 1.67. The predicted molar refractivity (Wildman–Crippen MR) is 59.9 cm³/mol. The second-order valence-electron chi connectivity index (χ2n) is 3.38. The molecule has 78 valence electrons. The molecule has 15 heavy (non-hydrogen) atoms. The van der Waals surface area contributed by atoms with E-state index in [1.807, 2.05) is 23.8 Å². The highest BCUT2D eigenvalue weighted by Gasteiger charge is 2.10. The second kappa shape index (κ2) is 3.77. The Morgan fingerprint density at radius 1 is 1.20 bits per heavy atom. The molecule has 1 aromatic heterocycles. The fourth-order valence-electron chi connectivity index (χ4n) is 1.67. The van der Waals surface area contributed by atoms with Crippen LogP contribution in [0.25, 0.3) is 11.1 Å². The summed E-state index contributed by atoms with van der Waals surface area (Å²) in [6.45, 7) is 2.79. The molecule has 1 heterocycles. The smallest absolute Gasteiger partial charge is 0.131 e. The van der Waals surface area contributed by atoms with Crippen molar-refractivity contribution < 1.29 is 4.39 Å². The van der Waals surface area contributed by atoms with Crippen LogP contribution in [0.4, 0.5) is 10.2 Å². The van der Waals surface area contributed by atoms with E-state index in [9.17, 15) is 4.39 Å². The van der Waals surface area contributed by atoms with Gasteiger partial charge in [-0.25, -0.2) is 4.39 Å². The van der Waals surface area contributed by atoms with Gasteiger partial charge < -0.3 is 10.3 Å². The lowest BCUT2D eigenvalue weighted by molar-refractivity contribution is 0.631. The minimum absolute atomic E-state index is 0.238. The van der Waals surface area contributed by atoms with E-state index in [1.165, 1.54) is 6.07 Å². The van der Waals surface area contributed by atoms with E-state index in [0.29, 0.717) is 11.4 Å². The van der Waals surface area contributed by atoms with Crippen molar-refractivity contribution in [2.75, 3.05) is 5.73 Å². The van der Waals surface area contributed by atoms with Crippen LogP contribution in [-0.4, -0.2) is 4.57 Å². The molecular weight excluding hydrogens is 191 g/mol. The summed E-state index contributed by atoms with van der Waals surface area (Å²) in [7, 11) is 0. The molecular formula is C12H13FN2. The Balaban J connectivity index is 2.55. The van der Waals surface area contributed by atoms with Gasteiger partial charge in [-0.05, 0) is 19.1 Å². The lowest BCUT2D eigenvalue weighted by atomic mass is 10.1. The highest BCUT2D eigenvalue weighted by molar-refractivity contribution is 5.75. The Morgan fingerprint density at radius 3 is 2.53 bits per heavy atom. The van der Waals surface area contributed by atoms with Crippen LogP contribution in [0.1, 0.15) is 6.92 Å². The highest BCUT2D eigenvalue weighted by atomic mass is 19.1. The van der Waals surface area contributed by atoms with Gasteiger partial charge in [0, 0.05) is 23.9 Å². The van der Waals surface area contributed by atoms with Crippen molar-refractivity contribution in [1.82, 2.24) is 4.57 Å². The van der Waals surface area contributed by atoms with Crippen molar-refractivity contribution in [2.45, 2.75) is 13.5 Å². The van der Waals surface area contributed by atoms with Gasteiger partial charge in [-0.2, -0.15) is 0 Å². The van der Waals surface area contributed by atoms with Gasteiger partial charge in [-0.3, -0.25) is 0 Å². The van der Waals surface area contributed by atoms with Crippen molar-refractivity contribution >= 4 is 5.82 Å². The summed E-state index contributed by atoms with van der Waals surface area (Å²) >= 11 is 0. The van der Waals surface area contributed by atoms with Gasteiger partial charge in [-0.1, -0.05) is 18.2 Å². The number of halogens is 1. The SMILES string of the molecule is CCn1ccc(-c2ccccc2F)c1N. The van der Waals surface area contributed by atoms with Crippen LogP contribution in [-0.2, 0) is 6.54 Å². The quantitative estimate of drug-likeness (QED) is 0.801. The van der Waals surface area contributed by atoms with Crippen molar-refractivity contribution in [1.29, 1.82) is 0 Å². The van der Waals surface area contributed by atoms with Crippen LogP contribution in [0.2, 0.25) is 0 Å². The van der Waals surface area contributed by atoms with Crippen LogP contribution in [0.3, 0.4) is 0 Å². The maximum Gasteiger partial charge on any atom is 0.131 e. The minimum atomic E-state index is -0.238. The molecule has 2 rings (SSSR count). The summed E-state index contributed by atoms with van der Waals surface area (Å²) in [6, 6.07) is 8.50. The van der Waals surface area contributed by atoms with Gasteiger partial charge in [0.15, 0.2) is 0 Å². The first kappa shape index (κ1) is 9.77. The molecule has 0 unspecified atom stereocenters. The van der Waals surface area contributed by atoms with E-state index in [1.54, 1.807) is 18.2 Å². The predicted octanol–water partition coefficient (Wildman–Crippen LogP) is 2.90. The van der Waals surface area contributed by atoms with Crippen LogP contribution in [0.5, 0.6) is 0 Å². The van der Waals surface area contributed by atoms with E-state index in [4.69, 9.17) is 5.73 Å². The topological polar surface area (TPSA) is 30.9 Å². The van der Waals surface area contributed by atoms with E-state index >= 15 is 0 Å². The number of hydrogen-bond donors (Lipinski definition) is 1. The Kier molecular flexibility index (Phi) is 2.46. The number of rotatable bonds is 2. The average molecular weight is 204 g/mol. The lowest BCUT2D eigenvalue weighted by Crippen LogP contribution is -1.99. The summed E-state index contributed by atoms with van der Waals surface area (Å²) in [5, 5.41) is 0. The largest absolute Gasteiger partial charge is 0.385 e. The summed E-state index contributed by atoms with van der Waals surface area (Å²) in [4.78, 5) is 0. The number of aromatic nitrogens is 1. The number of nitrogens with two attached hydrogens (primary N) is 1. The van der Waals surface area contributed by atoms with Crippen molar-refractivity contribution in [3.8, 4) is 11.1 Å². The first-order valence-corrected chi connectivity index (χ1v) is 4.93. The average Bonchev–Trinajstić information content (AvgIpc) is 2.60. The standard InChI is InChI=1S/C12H13FN2/c1-2-15-8-7-10(12(15)14)9-5-3-4-6-11(9)13/h3-8H,2,14H2,1H3. The van der Waals surface area contributed by atoms with Gasteiger partial charge in [-0.15, -0.1) is 0 Å². The van der Waals surface area contributed by atoms with Crippen LogP contribution in [0, 0.1) is 5.82 Å². The molecule has 0 aliphatic heterocycles. The molecule has 0 saturated heterocycles. The van der Waals surface area contributed by atoms with Gasteiger partial charge in [0.05, 0.1) is 0 Å². The molecule has 0 atom stereocenters. The zero-order chi connectivity index (χ0) is 10.8. The molecule has 2 nitrogen and oxygen atoms in total. The van der Waals surface area contributed by atoms with E-state index in [0.717, 1.165) is 12.1 Å². The Morgan fingerprint density at radius 2 is 1.93 bits per heavy atom. The molecule has 2 N–H and O–H groups in total. The van der Waals surface area contributed by atoms with E-state index < -0.39 is 0 Å². The third-order valence-electron chi connectivity index (χ3n) is 2.51. The van der Waals surface area contributed by atoms with E-state index in [-0.39, 0.29) is 5.82 Å². The summed E-state index contributed by atoms with van der Waals surface area (Å²) in [5.41, 5.74) is 7.23. The van der Waals surface area contributed by atoms with Crippen molar-refractivity contribution in [2.24, 2.45) is 0 Å². The van der Waals surface area contributed by atoms with Gasteiger partial charge in [0.1, 0.15) is 11.6 Å². The molecule has 0 saturated carbocycles. The maximum absolute atomic E-state index is 13.5. The minimum Gasteiger partial charge on any atom is -0.385 e. The summed E-state index contributed by atoms with van der Waals surface area (Å²) < 4.78 is 15.4. The highest BCUT2D eigenvalue weighted by Crippen LogP contribution is 2.28. The number of aryl methyl sites for hydroxylation is 1. The molecule has 0 aliphatic carbocycles. The number of nitrogens with zero attached hydrogens (tertiary/aromatic N) is 1. The van der Waals surface area contributed by atoms with E-state index in [2.05, 4.69) is 0 Å². The zero-order valence-electron chi connectivity index (χ0n) is 8.57. The molecule has 0 radical (unpaired) electrons. The zero-order valence-corrected chi connectivity index (χ0v) is 8.57. The molecule has 0 spiro atoms.